The fourth-order valence-electron chi connectivity index (χ4n) is 2.14. The van der Waals surface area contributed by atoms with Gasteiger partial charge in [0.15, 0.2) is 0 Å². The van der Waals surface area contributed by atoms with Crippen LogP contribution in [0.1, 0.15) is 0 Å². The lowest BCUT2D eigenvalue weighted by atomic mass is 10.3. The van der Waals surface area contributed by atoms with Gasteiger partial charge in [-0.2, -0.15) is 0 Å². The first-order chi connectivity index (χ1) is 10.1. The highest BCUT2D eigenvalue weighted by Gasteiger charge is 2.11. The molecule has 0 spiro atoms. The van der Waals surface area contributed by atoms with Gasteiger partial charge in [0.05, 0.1) is 11.0 Å². The molecule has 106 valence electrons. The van der Waals surface area contributed by atoms with E-state index in [-0.39, 0.29) is 24.2 Å². The molecule has 0 aliphatic carbocycles. The van der Waals surface area contributed by atoms with Crippen molar-refractivity contribution >= 4 is 28.6 Å². The van der Waals surface area contributed by atoms with Crippen LogP contribution in [0.3, 0.4) is 0 Å². The second-order valence-electron chi connectivity index (χ2n) is 4.60. The summed E-state index contributed by atoms with van der Waals surface area (Å²) >= 11 is 0. The third kappa shape index (κ3) is 2.69. The summed E-state index contributed by atoms with van der Waals surface area (Å²) in [4.78, 5) is 16.2. The number of carbonyl (C=O) groups excluding carboxylic acids is 1. The van der Waals surface area contributed by atoms with Gasteiger partial charge in [0, 0.05) is 5.69 Å². The van der Waals surface area contributed by atoms with Gasteiger partial charge in [-0.15, -0.1) is 0 Å². The molecule has 3 rings (SSSR count). The Morgan fingerprint density at radius 2 is 1.90 bits per heavy atom. The summed E-state index contributed by atoms with van der Waals surface area (Å²) in [7, 11) is 0. The van der Waals surface area contributed by atoms with Crippen LogP contribution in [0.15, 0.2) is 48.5 Å². The van der Waals surface area contributed by atoms with E-state index in [4.69, 9.17) is 5.73 Å². The number of nitrogen functional groups attached to an aromatic ring is 1. The zero-order chi connectivity index (χ0) is 14.8. The predicted molar refractivity (Wildman–Crippen MR) is 79.2 cm³/mol. The fraction of sp³-hybridized carbons (Fsp3) is 0.0667. The van der Waals surface area contributed by atoms with Crippen LogP contribution in [0.2, 0.25) is 0 Å². The minimum absolute atomic E-state index is 0.0454. The van der Waals surface area contributed by atoms with Gasteiger partial charge >= 0.3 is 0 Å². The fourth-order valence-corrected chi connectivity index (χ4v) is 2.14. The van der Waals surface area contributed by atoms with E-state index in [1.165, 1.54) is 24.3 Å². The van der Waals surface area contributed by atoms with Crippen LogP contribution in [-0.4, -0.2) is 15.5 Å². The monoisotopic (exact) mass is 284 g/mol. The summed E-state index contributed by atoms with van der Waals surface area (Å²) in [5, 5.41) is 2.69. The number of benzene rings is 2. The van der Waals surface area contributed by atoms with Crippen molar-refractivity contribution in [2.24, 2.45) is 0 Å². The lowest BCUT2D eigenvalue weighted by molar-refractivity contribution is -0.116. The smallest absolute Gasteiger partial charge is 0.244 e. The Balaban J connectivity index is 1.80. The summed E-state index contributed by atoms with van der Waals surface area (Å²) < 4.78 is 14.4. The molecule has 3 aromatic rings. The Kier molecular flexibility index (Phi) is 3.27. The van der Waals surface area contributed by atoms with Gasteiger partial charge in [0.2, 0.25) is 11.9 Å². The SMILES string of the molecule is Nc1nc2ccccc2n1CC(=O)Nc1ccc(F)cc1. The van der Waals surface area contributed by atoms with Crippen molar-refractivity contribution in [3.8, 4) is 0 Å². The molecule has 0 atom stereocenters. The first-order valence-electron chi connectivity index (χ1n) is 6.39. The van der Waals surface area contributed by atoms with E-state index < -0.39 is 0 Å². The van der Waals surface area contributed by atoms with Crippen molar-refractivity contribution in [3.63, 3.8) is 0 Å². The van der Waals surface area contributed by atoms with Crippen molar-refractivity contribution in [2.45, 2.75) is 6.54 Å². The maximum absolute atomic E-state index is 12.8. The van der Waals surface area contributed by atoms with Crippen LogP contribution in [0.5, 0.6) is 0 Å². The molecule has 3 N–H and O–H groups in total. The molecule has 0 fully saturated rings. The van der Waals surface area contributed by atoms with Crippen LogP contribution >= 0.6 is 0 Å². The Labute approximate surface area is 120 Å². The second kappa shape index (κ2) is 5.24. The molecule has 5 nitrogen and oxygen atoms in total. The molecule has 0 saturated carbocycles. The third-order valence-corrected chi connectivity index (χ3v) is 3.11. The average Bonchev–Trinajstić information content (AvgIpc) is 2.78. The van der Waals surface area contributed by atoms with E-state index in [1.807, 2.05) is 24.3 Å². The second-order valence-corrected chi connectivity index (χ2v) is 4.60. The molecular formula is C15H13FN4O. The molecule has 1 aromatic heterocycles. The lowest BCUT2D eigenvalue weighted by Crippen LogP contribution is -2.19. The van der Waals surface area contributed by atoms with Crippen molar-refractivity contribution < 1.29 is 9.18 Å². The van der Waals surface area contributed by atoms with E-state index >= 15 is 0 Å². The number of halogens is 1. The number of anilines is 2. The minimum Gasteiger partial charge on any atom is -0.369 e. The van der Waals surface area contributed by atoms with Crippen molar-refractivity contribution in [1.82, 2.24) is 9.55 Å². The molecule has 6 heteroatoms. The summed E-state index contributed by atoms with van der Waals surface area (Å²) in [6.45, 7) is 0.0454. The average molecular weight is 284 g/mol. The number of hydrogen-bond donors (Lipinski definition) is 2. The van der Waals surface area contributed by atoms with Crippen LogP contribution in [0.4, 0.5) is 16.0 Å². The minimum atomic E-state index is -0.349. The van der Waals surface area contributed by atoms with Crippen LogP contribution < -0.4 is 11.1 Å². The number of carbonyl (C=O) groups is 1. The highest BCUT2D eigenvalue weighted by atomic mass is 19.1. The topological polar surface area (TPSA) is 72.9 Å². The molecule has 2 aromatic carbocycles. The normalized spacial score (nSPS) is 10.7. The Hall–Kier alpha value is -2.89. The Morgan fingerprint density at radius 3 is 2.67 bits per heavy atom. The zero-order valence-corrected chi connectivity index (χ0v) is 11.1. The molecule has 0 aliphatic rings. The van der Waals surface area contributed by atoms with Gasteiger partial charge in [-0.25, -0.2) is 9.37 Å². The number of aromatic nitrogens is 2. The number of rotatable bonds is 3. The van der Waals surface area contributed by atoms with Crippen LogP contribution in [-0.2, 0) is 11.3 Å². The third-order valence-electron chi connectivity index (χ3n) is 3.11. The summed E-state index contributed by atoms with van der Waals surface area (Å²) in [6, 6.07) is 13.0. The van der Waals surface area contributed by atoms with Gasteiger partial charge in [0.25, 0.3) is 0 Å². The van der Waals surface area contributed by atoms with Crippen molar-refractivity contribution in [1.29, 1.82) is 0 Å². The van der Waals surface area contributed by atoms with Crippen molar-refractivity contribution in [2.75, 3.05) is 11.1 Å². The molecule has 0 unspecified atom stereocenters. The molecular weight excluding hydrogens is 271 g/mol. The summed E-state index contributed by atoms with van der Waals surface area (Å²) in [5.41, 5.74) is 7.90. The van der Waals surface area contributed by atoms with E-state index in [1.54, 1.807) is 4.57 Å². The number of nitrogens with two attached hydrogens (primary N) is 1. The molecule has 21 heavy (non-hydrogen) atoms. The lowest BCUT2D eigenvalue weighted by Gasteiger charge is -2.08. The number of para-hydroxylation sites is 2. The van der Waals surface area contributed by atoms with Gasteiger partial charge in [-0.1, -0.05) is 12.1 Å². The Morgan fingerprint density at radius 1 is 1.19 bits per heavy atom. The van der Waals surface area contributed by atoms with E-state index in [2.05, 4.69) is 10.3 Å². The van der Waals surface area contributed by atoms with E-state index in [0.29, 0.717) is 5.69 Å². The highest BCUT2D eigenvalue weighted by molar-refractivity contribution is 5.92. The van der Waals surface area contributed by atoms with Crippen LogP contribution in [0, 0.1) is 5.82 Å². The standard InChI is InChI=1S/C15H13FN4O/c16-10-5-7-11(8-6-10)18-14(21)9-20-13-4-2-1-3-12(13)19-15(20)17/h1-8H,9H2,(H2,17,19)(H,18,21). The quantitative estimate of drug-likeness (QED) is 0.775. The number of amides is 1. The summed E-state index contributed by atoms with van der Waals surface area (Å²) in [6.07, 6.45) is 0. The molecule has 0 radical (unpaired) electrons. The molecule has 0 saturated heterocycles. The maximum atomic E-state index is 12.8. The van der Waals surface area contributed by atoms with Crippen LogP contribution in [0.25, 0.3) is 11.0 Å². The maximum Gasteiger partial charge on any atom is 0.244 e. The number of nitrogens with zero attached hydrogens (tertiary/aromatic N) is 2. The van der Waals surface area contributed by atoms with E-state index in [9.17, 15) is 9.18 Å². The molecule has 1 amide bonds. The molecule has 1 heterocycles. The number of fused-ring (bicyclic) bond motifs is 1. The zero-order valence-electron chi connectivity index (χ0n) is 11.1. The molecule has 0 bridgehead atoms. The molecule has 0 aliphatic heterocycles. The van der Waals surface area contributed by atoms with Gasteiger partial charge in [-0.05, 0) is 36.4 Å². The van der Waals surface area contributed by atoms with Crippen molar-refractivity contribution in [3.05, 3.63) is 54.3 Å². The largest absolute Gasteiger partial charge is 0.369 e. The predicted octanol–water partition coefficient (Wildman–Crippen LogP) is 2.40. The number of hydrogen-bond acceptors (Lipinski definition) is 3. The first kappa shape index (κ1) is 13.1. The number of imidazole rings is 1. The highest BCUT2D eigenvalue weighted by Crippen LogP contribution is 2.17. The first-order valence-corrected chi connectivity index (χ1v) is 6.39. The number of nitrogens with one attached hydrogen (secondary N) is 1. The Bertz CT molecular complexity index is 795. The van der Waals surface area contributed by atoms with E-state index in [0.717, 1.165) is 11.0 Å². The van der Waals surface area contributed by atoms with Gasteiger partial charge in [0.1, 0.15) is 12.4 Å². The van der Waals surface area contributed by atoms with Gasteiger partial charge < -0.3 is 15.6 Å². The summed E-state index contributed by atoms with van der Waals surface area (Å²) in [5.74, 6) is -0.320. The van der Waals surface area contributed by atoms with Gasteiger partial charge in [-0.3, -0.25) is 4.79 Å².